The molecule has 106 valence electrons. The molecule has 2 aliphatic heterocycles. The van der Waals surface area contributed by atoms with Crippen molar-refractivity contribution in [2.75, 3.05) is 26.3 Å². The Bertz CT molecular complexity index is 270. The fourth-order valence-electron chi connectivity index (χ4n) is 2.92. The van der Waals surface area contributed by atoms with Crippen LogP contribution in [0.3, 0.4) is 0 Å². The Morgan fingerprint density at radius 2 is 2.28 bits per heavy atom. The molecule has 2 saturated heterocycles. The second kappa shape index (κ2) is 7.31. The smallest absolute Gasteiger partial charge is 0.224 e. The Balaban J connectivity index is 0.00000162. The first kappa shape index (κ1) is 15.7. The van der Waals surface area contributed by atoms with E-state index >= 15 is 0 Å². The lowest BCUT2D eigenvalue weighted by Crippen LogP contribution is -2.46. The van der Waals surface area contributed by atoms with E-state index in [1.165, 1.54) is 0 Å². The number of ether oxygens (including phenoxy) is 1. The van der Waals surface area contributed by atoms with E-state index in [4.69, 9.17) is 4.74 Å². The number of nitrogens with zero attached hydrogens (tertiary/aromatic N) is 1. The highest BCUT2D eigenvalue weighted by molar-refractivity contribution is 5.85. The number of nitrogens with one attached hydrogen (secondary N) is 1. The molecule has 3 atom stereocenters. The molecular formula is C13H25ClN2O2. The Morgan fingerprint density at radius 1 is 1.50 bits per heavy atom. The van der Waals surface area contributed by atoms with Gasteiger partial charge in [0, 0.05) is 31.6 Å². The zero-order valence-electron chi connectivity index (χ0n) is 11.4. The van der Waals surface area contributed by atoms with E-state index in [9.17, 15) is 4.79 Å². The van der Waals surface area contributed by atoms with Crippen LogP contribution in [0.5, 0.6) is 0 Å². The van der Waals surface area contributed by atoms with E-state index in [0.717, 1.165) is 32.5 Å². The first-order valence-electron chi connectivity index (χ1n) is 6.81. The molecule has 0 spiro atoms. The molecule has 2 fully saturated rings. The van der Waals surface area contributed by atoms with E-state index < -0.39 is 0 Å². The lowest BCUT2D eigenvalue weighted by atomic mass is 10.1. The molecule has 3 unspecified atom stereocenters. The van der Waals surface area contributed by atoms with Gasteiger partial charge in [0.1, 0.15) is 0 Å². The van der Waals surface area contributed by atoms with Crippen molar-refractivity contribution in [2.24, 2.45) is 5.92 Å². The van der Waals surface area contributed by atoms with Crippen LogP contribution < -0.4 is 5.32 Å². The molecule has 1 N–H and O–H groups in total. The Kier molecular flexibility index (Phi) is 6.39. The van der Waals surface area contributed by atoms with Gasteiger partial charge in [-0.3, -0.25) is 4.79 Å². The standard InChI is InChI=1S/C13H24N2O2.ClH/c1-3-12-6-10(2)8-15(12)13(16)7-11-9-17-5-4-14-11;/h10-12,14H,3-9H2,1-2H3;1H. The van der Waals surface area contributed by atoms with Gasteiger partial charge in [-0.15, -0.1) is 12.4 Å². The summed E-state index contributed by atoms with van der Waals surface area (Å²) in [6, 6.07) is 0.673. The fourth-order valence-corrected chi connectivity index (χ4v) is 2.92. The Hall–Kier alpha value is -0.320. The molecule has 0 aromatic heterocycles. The monoisotopic (exact) mass is 276 g/mol. The van der Waals surface area contributed by atoms with E-state index in [2.05, 4.69) is 24.1 Å². The minimum absolute atomic E-state index is 0. The number of hydrogen-bond donors (Lipinski definition) is 1. The third-order valence-corrected chi connectivity index (χ3v) is 3.83. The number of carbonyl (C=O) groups is 1. The van der Waals surface area contributed by atoms with Crippen molar-refractivity contribution in [3.05, 3.63) is 0 Å². The van der Waals surface area contributed by atoms with Crippen LogP contribution in [0.25, 0.3) is 0 Å². The third-order valence-electron chi connectivity index (χ3n) is 3.83. The molecule has 5 heteroatoms. The average molecular weight is 277 g/mol. The van der Waals surface area contributed by atoms with Crippen molar-refractivity contribution in [3.8, 4) is 0 Å². The lowest BCUT2D eigenvalue weighted by molar-refractivity contribution is -0.133. The van der Waals surface area contributed by atoms with Crippen molar-refractivity contribution in [1.82, 2.24) is 10.2 Å². The van der Waals surface area contributed by atoms with Crippen molar-refractivity contribution in [2.45, 2.75) is 45.2 Å². The van der Waals surface area contributed by atoms with E-state index in [-0.39, 0.29) is 18.4 Å². The second-order valence-corrected chi connectivity index (χ2v) is 5.38. The molecule has 0 radical (unpaired) electrons. The summed E-state index contributed by atoms with van der Waals surface area (Å²) in [4.78, 5) is 14.3. The molecule has 0 saturated carbocycles. The molecule has 18 heavy (non-hydrogen) atoms. The van der Waals surface area contributed by atoms with Crippen LogP contribution >= 0.6 is 12.4 Å². The summed E-state index contributed by atoms with van der Waals surface area (Å²) >= 11 is 0. The van der Waals surface area contributed by atoms with Gasteiger partial charge >= 0.3 is 0 Å². The van der Waals surface area contributed by atoms with Crippen molar-refractivity contribution >= 4 is 18.3 Å². The van der Waals surface area contributed by atoms with Gasteiger partial charge in [-0.05, 0) is 18.8 Å². The summed E-state index contributed by atoms with van der Waals surface area (Å²) in [5, 5.41) is 3.35. The number of morpholine rings is 1. The highest BCUT2D eigenvalue weighted by atomic mass is 35.5. The van der Waals surface area contributed by atoms with Crippen LogP contribution in [0.1, 0.15) is 33.1 Å². The number of rotatable bonds is 3. The van der Waals surface area contributed by atoms with Gasteiger partial charge in [0.05, 0.1) is 13.2 Å². The maximum absolute atomic E-state index is 12.3. The highest BCUT2D eigenvalue weighted by Gasteiger charge is 2.32. The van der Waals surface area contributed by atoms with Gasteiger partial charge in [-0.25, -0.2) is 0 Å². The molecule has 4 nitrogen and oxygen atoms in total. The van der Waals surface area contributed by atoms with Gasteiger partial charge in [-0.1, -0.05) is 13.8 Å². The maximum Gasteiger partial charge on any atom is 0.224 e. The maximum atomic E-state index is 12.3. The summed E-state index contributed by atoms with van der Waals surface area (Å²) < 4.78 is 5.39. The summed E-state index contributed by atoms with van der Waals surface area (Å²) in [5.41, 5.74) is 0. The van der Waals surface area contributed by atoms with Gasteiger partial charge in [0.25, 0.3) is 0 Å². The van der Waals surface area contributed by atoms with Gasteiger partial charge in [0.2, 0.25) is 5.91 Å². The number of carbonyl (C=O) groups excluding carboxylic acids is 1. The van der Waals surface area contributed by atoms with Crippen LogP contribution in [0.4, 0.5) is 0 Å². The minimum atomic E-state index is 0. The number of halogens is 1. The van der Waals surface area contributed by atoms with Crippen LogP contribution in [0.2, 0.25) is 0 Å². The van der Waals surface area contributed by atoms with E-state index in [1.807, 2.05) is 0 Å². The Morgan fingerprint density at radius 3 is 2.89 bits per heavy atom. The molecule has 1 amide bonds. The van der Waals surface area contributed by atoms with Crippen LogP contribution in [0.15, 0.2) is 0 Å². The molecule has 0 aromatic carbocycles. The van der Waals surface area contributed by atoms with Crippen molar-refractivity contribution in [3.63, 3.8) is 0 Å². The van der Waals surface area contributed by atoms with Crippen LogP contribution in [-0.2, 0) is 9.53 Å². The predicted octanol–water partition coefficient (Wildman–Crippen LogP) is 1.43. The molecule has 0 aliphatic carbocycles. The normalized spacial score (nSPS) is 32.1. The van der Waals surface area contributed by atoms with Crippen molar-refractivity contribution < 1.29 is 9.53 Å². The number of amides is 1. The molecular weight excluding hydrogens is 252 g/mol. The second-order valence-electron chi connectivity index (χ2n) is 5.38. The number of hydrogen-bond acceptors (Lipinski definition) is 3. The largest absolute Gasteiger partial charge is 0.378 e. The average Bonchev–Trinajstić information content (AvgIpc) is 2.72. The topological polar surface area (TPSA) is 41.6 Å². The summed E-state index contributed by atoms with van der Waals surface area (Å²) in [6.45, 7) is 7.65. The van der Waals surface area contributed by atoms with Crippen molar-refractivity contribution in [1.29, 1.82) is 0 Å². The first-order valence-corrected chi connectivity index (χ1v) is 6.81. The zero-order valence-corrected chi connectivity index (χ0v) is 12.2. The van der Waals surface area contributed by atoms with Gasteiger partial charge < -0.3 is 15.0 Å². The molecule has 2 aliphatic rings. The van der Waals surface area contributed by atoms with Gasteiger partial charge in [-0.2, -0.15) is 0 Å². The highest BCUT2D eigenvalue weighted by Crippen LogP contribution is 2.25. The Labute approximate surface area is 116 Å². The van der Waals surface area contributed by atoms with Crippen LogP contribution in [0, 0.1) is 5.92 Å². The molecule has 0 bridgehead atoms. The van der Waals surface area contributed by atoms with Crippen LogP contribution in [-0.4, -0.2) is 49.2 Å². The zero-order chi connectivity index (χ0) is 12.3. The summed E-state index contributed by atoms with van der Waals surface area (Å²) in [5.74, 6) is 0.948. The molecule has 2 heterocycles. The van der Waals surface area contributed by atoms with E-state index in [1.54, 1.807) is 0 Å². The lowest BCUT2D eigenvalue weighted by Gasteiger charge is -2.28. The SMILES string of the molecule is CCC1CC(C)CN1C(=O)CC1COCCN1.Cl. The summed E-state index contributed by atoms with van der Waals surface area (Å²) in [6.07, 6.45) is 2.82. The van der Waals surface area contributed by atoms with Gasteiger partial charge in [0.15, 0.2) is 0 Å². The third kappa shape index (κ3) is 3.84. The van der Waals surface area contributed by atoms with E-state index in [0.29, 0.717) is 30.9 Å². The predicted molar refractivity (Wildman–Crippen MR) is 74.0 cm³/mol. The quantitative estimate of drug-likeness (QED) is 0.848. The molecule has 0 aromatic rings. The minimum Gasteiger partial charge on any atom is -0.378 e. The first-order chi connectivity index (χ1) is 8.20. The molecule has 2 rings (SSSR count). The fraction of sp³-hybridized carbons (Fsp3) is 0.923. The summed E-state index contributed by atoms with van der Waals surface area (Å²) in [7, 11) is 0. The number of likely N-dealkylation sites (tertiary alicyclic amines) is 1.